The fourth-order valence-corrected chi connectivity index (χ4v) is 2.31. The molecule has 0 fully saturated rings. The molecule has 0 spiro atoms. The molecule has 1 N–H and O–H groups in total. The lowest BCUT2D eigenvalue weighted by molar-refractivity contribution is -0.117. The molecule has 2 heterocycles. The Balaban J connectivity index is 1.70. The Labute approximate surface area is 149 Å². The molecule has 1 aromatic carbocycles. The fourth-order valence-electron chi connectivity index (χ4n) is 2.31. The monoisotopic (exact) mass is 346 g/mol. The number of rotatable bonds is 6. The minimum absolute atomic E-state index is 0.286. The van der Waals surface area contributed by atoms with Crippen molar-refractivity contribution in [1.29, 1.82) is 5.26 Å². The number of hydrogen-bond donors (Lipinski definition) is 1. The molecular formula is C18H14N6O2. The van der Waals surface area contributed by atoms with Gasteiger partial charge in [-0.25, -0.2) is 14.6 Å². The molecular weight excluding hydrogens is 332 g/mol. The predicted molar refractivity (Wildman–Crippen MR) is 91.9 cm³/mol. The number of benzene rings is 1. The van der Waals surface area contributed by atoms with Crippen molar-refractivity contribution >= 4 is 17.5 Å². The normalized spacial score (nSPS) is 11.3. The number of hydrogen-bond acceptors (Lipinski definition) is 6. The van der Waals surface area contributed by atoms with E-state index in [0.29, 0.717) is 6.54 Å². The highest BCUT2D eigenvalue weighted by atomic mass is 16.2. The quantitative estimate of drug-likeness (QED) is 0.536. The van der Waals surface area contributed by atoms with Gasteiger partial charge in [-0.1, -0.05) is 30.3 Å². The van der Waals surface area contributed by atoms with Crippen LogP contribution in [0, 0.1) is 17.2 Å². The van der Waals surface area contributed by atoms with E-state index in [1.165, 1.54) is 12.5 Å². The van der Waals surface area contributed by atoms with Crippen molar-refractivity contribution in [3.05, 3.63) is 72.4 Å². The van der Waals surface area contributed by atoms with Crippen molar-refractivity contribution < 1.29 is 9.59 Å². The van der Waals surface area contributed by atoms with Gasteiger partial charge in [-0.2, -0.15) is 10.4 Å². The number of aromatic nitrogens is 4. The molecule has 0 aliphatic heterocycles. The maximum atomic E-state index is 12.5. The number of nitrogens with zero attached hydrogens (tertiary/aromatic N) is 5. The molecule has 1 amide bonds. The third-order valence-electron chi connectivity index (χ3n) is 3.62. The Morgan fingerprint density at radius 3 is 2.62 bits per heavy atom. The first kappa shape index (κ1) is 17.0. The molecule has 0 aliphatic rings. The van der Waals surface area contributed by atoms with E-state index in [1.807, 2.05) is 0 Å². The average Bonchev–Trinajstić information content (AvgIpc) is 3.16. The summed E-state index contributed by atoms with van der Waals surface area (Å²) < 4.78 is 1.65. The molecule has 3 aromatic rings. The topological polar surface area (TPSA) is 114 Å². The molecule has 3 rings (SSSR count). The minimum atomic E-state index is -1.45. The maximum Gasteiger partial charge on any atom is 0.250 e. The smallest absolute Gasteiger partial charge is 0.250 e. The van der Waals surface area contributed by atoms with Crippen molar-refractivity contribution in [3.63, 3.8) is 0 Å². The SMILES string of the molecule is N#C[C@H](C(=O)Nc1ccccn1)C(=O)c1ccc(Cn2cncn2)cc1. The summed E-state index contributed by atoms with van der Waals surface area (Å²) in [6.45, 7) is 0.510. The molecule has 8 nitrogen and oxygen atoms in total. The Morgan fingerprint density at radius 1 is 1.19 bits per heavy atom. The van der Waals surface area contributed by atoms with Crippen LogP contribution in [0.15, 0.2) is 61.3 Å². The van der Waals surface area contributed by atoms with Crippen LogP contribution in [-0.2, 0) is 11.3 Å². The third kappa shape index (κ3) is 3.96. The average molecular weight is 346 g/mol. The van der Waals surface area contributed by atoms with Crippen LogP contribution in [-0.4, -0.2) is 31.4 Å². The van der Waals surface area contributed by atoms with Crippen molar-refractivity contribution in [2.24, 2.45) is 5.92 Å². The second-order valence-corrected chi connectivity index (χ2v) is 5.42. The van der Waals surface area contributed by atoms with Gasteiger partial charge in [-0.05, 0) is 17.7 Å². The summed E-state index contributed by atoms with van der Waals surface area (Å²) in [7, 11) is 0. The minimum Gasteiger partial charge on any atom is -0.309 e. The van der Waals surface area contributed by atoms with E-state index in [1.54, 1.807) is 59.5 Å². The molecule has 2 aromatic heterocycles. The van der Waals surface area contributed by atoms with Gasteiger partial charge in [0.15, 0.2) is 11.7 Å². The van der Waals surface area contributed by atoms with E-state index in [-0.39, 0.29) is 11.4 Å². The maximum absolute atomic E-state index is 12.5. The predicted octanol–water partition coefficient (Wildman–Crippen LogP) is 1.68. The van der Waals surface area contributed by atoms with Gasteiger partial charge in [0.05, 0.1) is 12.6 Å². The molecule has 0 saturated carbocycles. The lowest BCUT2D eigenvalue weighted by Gasteiger charge is -2.09. The first-order valence-corrected chi connectivity index (χ1v) is 7.74. The standard InChI is InChI=1S/C18H14N6O2/c19-9-15(18(26)23-16-3-1-2-8-21-16)17(25)14-6-4-13(5-7-14)10-24-12-20-11-22-24/h1-8,11-12,15H,10H2,(H,21,23,26)/t15-/m0/s1. The summed E-state index contributed by atoms with van der Waals surface area (Å²) in [4.78, 5) is 32.5. The number of nitriles is 1. The molecule has 0 unspecified atom stereocenters. The molecule has 8 heteroatoms. The lowest BCUT2D eigenvalue weighted by Crippen LogP contribution is -2.29. The Hall–Kier alpha value is -3.86. The summed E-state index contributed by atoms with van der Waals surface area (Å²) in [6, 6.07) is 13.4. The zero-order valence-corrected chi connectivity index (χ0v) is 13.6. The van der Waals surface area contributed by atoms with Gasteiger partial charge in [0.2, 0.25) is 0 Å². The van der Waals surface area contributed by atoms with Crippen molar-refractivity contribution in [3.8, 4) is 6.07 Å². The first-order chi connectivity index (χ1) is 12.7. The number of ketones is 1. The molecule has 128 valence electrons. The van der Waals surface area contributed by atoms with Crippen LogP contribution in [0.4, 0.5) is 5.82 Å². The van der Waals surface area contributed by atoms with Crippen LogP contribution in [0.2, 0.25) is 0 Å². The summed E-state index contributed by atoms with van der Waals surface area (Å²) in [5.74, 6) is -2.43. The van der Waals surface area contributed by atoms with Crippen molar-refractivity contribution in [1.82, 2.24) is 19.7 Å². The molecule has 0 bridgehead atoms. The van der Waals surface area contributed by atoms with Gasteiger partial charge in [0, 0.05) is 11.8 Å². The van der Waals surface area contributed by atoms with Gasteiger partial charge in [0.1, 0.15) is 18.5 Å². The van der Waals surface area contributed by atoms with Crippen molar-refractivity contribution in [2.45, 2.75) is 6.54 Å². The van der Waals surface area contributed by atoms with Crippen LogP contribution in [0.25, 0.3) is 0 Å². The summed E-state index contributed by atoms with van der Waals surface area (Å²) in [5.41, 5.74) is 1.20. The van der Waals surface area contributed by atoms with E-state index in [9.17, 15) is 14.9 Å². The third-order valence-corrected chi connectivity index (χ3v) is 3.62. The van der Waals surface area contributed by atoms with Gasteiger partial charge < -0.3 is 5.32 Å². The van der Waals surface area contributed by atoms with E-state index in [4.69, 9.17) is 0 Å². The number of carbonyl (C=O) groups is 2. The summed E-state index contributed by atoms with van der Waals surface area (Å²) in [5, 5.41) is 15.7. The number of nitrogens with one attached hydrogen (secondary N) is 1. The number of Topliss-reactive ketones (excluding diaryl/α,β-unsaturated/α-hetero) is 1. The van der Waals surface area contributed by atoms with E-state index >= 15 is 0 Å². The second kappa shape index (κ2) is 7.81. The van der Waals surface area contributed by atoms with Crippen LogP contribution >= 0.6 is 0 Å². The van der Waals surface area contributed by atoms with E-state index in [0.717, 1.165) is 5.56 Å². The molecule has 26 heavy (non-hydrogen) atoms. The van der Waals surface area contributed by atoms with Crippen LogP contribution in [0.1, 0.15) is 15.9 Å². The van der Waals surface area contributed by atoms with Gasteiger partial charge in [-0.3, -0.25) is 9.59 Å². The van der Waals surface area contributed by atoms with E-state index < -0.39 is 17.6 Å². The molecule has 0 saturated heterocycles. The first-order valence-electron chi connectivity index (χ1n) is 7.74. The molecule has 0 radical (unpaired) electrons. The largest absolute Gasteiger partial charge is 0.309 e. The number of anilines is 1. The summed E-state index contributed by atoms with van der Waals surface area (Å²) >= 11 is 0. The second-order valence-electron chi connectivity index (χ2n) is 5.42. The van der Waals surface area contributed by atoms with Gasteiger partial charge >= 0.3 is 0 Å². The number of carbonyl (C=O) groups excluding carboxylic acids is 2. The highest BCUT2D eigenvalue weighted by Gasteiger charge is 2.27. The zero-order valence-electron chi connectivity index (χ0n) is 13.6. The van der Waals surface area contributed by atoms with Crippen LogP contribution in [0.5, 0.6) is 0 Å². The Morgan fingerprint density at radius 2 is 2.00 bits per heavy atom. The fraction of sp³-hybridized carbons (Fsp3) is 0.111. The Kier molecular flexibility index (Phi) is 5.10. The summed E-state index contributed by atoms with van der Waals surface area (Å²) in [6.07, 6.45) is 4.54. The molecule has 0 aliphatic carbocycles. The highest BCUT2D eigenvalue weighted by Crippen LogP contribution is 2.13. The van der Waals surface area contributed by atoms with Crippen molar-refractivity contribution in [2.75, 3.05) is 5.32 Å². The number of amides is 1. The van der Waals surface area contributed by atoms with Gasteiger partial charge in [0.25, 0.3) is 5.91 Å². The highest BCUT2D eigenvalue weighted by molar-refractivity contribution is 6.15. The zero-order chi connectivity index (χ0) is 18.4. The van der Waals surface area contributed by atoms with Crippen LogP contribution < -0.4 is 5.32 Å². The van der Waals surface area contributed by atoms with E-state index in [2.05, 4.69) is 20.4 Å². The van der Waals surface area contributed by atoms with Crippen LogP contribution in [0.3, 0.4) is 0 Å². The van der Waals surface area contributed by atoms with Gasteiger partial charge in [-0.15, -0.1) is 0 Å². The molecule has 1 atom stereocenters. The Bertz CT molecular complexity index is 930. The lowest BCUT2D eigenvalue weighted by atomic mass is 9.97. The number of pyridine rings is 1.